The van der Waals surface area contributed by atoms with Gasteiger partial charge in [0.1, 0.15) is 5.76 Å². The number of fused-ring (bicyclic) bond motifs is 2. The third kappa shape index (κ3) is 2.88. The van der Waals surface area contributed by atoms with Crippen LogP contribution in [0.3, 0.4) is 0 Å². The van der Waals surface area contributed by atoms with E-state index in [0.717, 1.165) is 24.9 Å². The Morgan fingerprint density at radius 2 is 1.86 bits per heavy atom. The first kappa shape index (κ1) is 18.1. The molecule has 5 nitrogen and oxygen atoms in total. The summed E-state index contributed by atoms with van der Waals surface area (Å²) in [6.07, 6.45) is 2.12. The van der Waals surface area contributed by atoms with Crippen LogP contribution in [0.5, 0.6) is 0 Å². The van der Waals surface area contributed by atoms with E-state index in [9.17, 15) is 9.59 Å². The van der Waals surface area contributed by atoms with Crippen LogP contribution in [-0.2, 0) is 0 Å². The predicted octanol–water partition coefficient (Wildman–Crippen LogP) is 3.58. The number of hydrogen-bond acceptors (Lipinski definition) is 4. The number of nitrogens with two attached hydrogens (primary N) is 1. The average Bonchev–Trinajstić information content (AvgIpc) is 3.32. The highest BCUT2D eigenvalue weighted by atomic mass is 16.3. The maximum absolute atomic E-state index is 13.4. The van der Waals surface area contributed by atoms with Gasteiger partial charge in [-0.2, -0.15) is 0 Å². The minimum absolute atomic E-state index is 0.0804. The third-order valence-electron chi connectivity index (χ3n) is 6.61. The van der Waals surface area contributed by atoms with Gasteiger partial charge in [-0.15, -0.1) is 0 Å². The average molecular weight is 388 g/mol. The summed E-state index contributed by atoms with van der Waals surface area (Å²) in [5.74, 6) is 1.30. The summed E-state index contributed by atoms with van der Waals surface area (Å²) in [6.45, 7) is 3.18. The van der Waals surface area contributed by atoms with Crippen molar-refractivity contribution in [2.45, 2.75) is 25.8 Å². The second-order valence-corrected chi connectivity index (χ2v) is 8.31. The van der Waals surface area contributed by atoms with Crippen molar-refractivity contribution in [3.8, 4) is 11.3 Å². The van der Waals surface area contributed by atoms with E-state index in [-0.39, 0.29) is 17.4 Å². The summed E-state index contributed by atoms with van der Waals surface area (Å²) in [5, 5.41) is 0.448. The first-order chi connectivity index (χ1) is 14.0. The maximum Gasteiger partial charge on any atom is 0.257 e. The van der Waals surface area contributed by atoms with Crippen molar-refractivity contribution in [1.82, 2.24) is 4.90 Å². The number of nitrogens with zero attached hydrogens (tertiary/aromatic N) is 1. The summed E-state index contributed by atoms with van der Waals surface area (Å²) in [6, 6.07) is 15.0. The SMILES string of the molecule is Cc1c(-c2ccccc2)oc2c(C(=O)N3CC4CCC(N)C4C3)cccc2c1=O. The fourth-order valence-electron chi connectivity index (χ4n) is 4.99. The van der Waals surface area contributed by atoms with Crippen LogP contribution in [0.4, 0.5) is 0 Å². The lowest BCUT2D eigenvalue weighted by molar-refractivity contribution is 0.0780. The van der Waals surface area contributed by atoms with Crippen LogP contribution in [0.15, 0.2) is 57.7 Å². The molecule has 5 heteroatoms. The van der Waals surface area contributed by atoms with Crippen LogP contribution in [0.1, 0.15) is 28.8 Å². The summed E-state index contributed by atoms with van der Waals surface area (Å²) in [5.41, 5.74) is 8.33. The Morgan fingerprint density at radius 3 is 2.62 bits per heavy atom. The number of carbonyl (C=O) groups is 1. The van der Waals surface area contributed by atoms with Crippen LogP contribution in [0, 0.1) is 18.8 Å². The van der Waals surface area contributed by atoms with Crippen molar-refractivity contribution in [3.05, 3.63) is 69.9 Å². The lowest BCUT2D eigenvalue weighted by Crippen LogP contribution is -2.33. The Bertz CT molecular complexity index is 1150. The Morgan fingerprint density at radius 1 is 1.07 bits per heavy atom. The Balaban J connectivity index is 1.61. The number of hydrogen-bond donors (Lipinski definition) is 1. The molecule has 1 amide bonds. The van der Waals surface area contributed by atoms with Gasteiger partial charge in [0.15, 0.2) is 11.0 Å². The minimum atomic E-state index is -0.0972. The van der Waals surface area contributed by atoms with Crippen LogP contribution >= 0.6 is 0 Å². The monoisotopic (exact) mass is 388 g/mol. The highest BCUT2D eigenvalue weighted by molar-refractivity contribution is 6.05. The number of rotatable bonds is 2. The molecule has 2 heterocycles. The lowest BCUT2D eigenvalue weighted by atomic mass is 9.98. The zero-order chi connectivity index (χ0) is 20.1. The molecular formula is C24H24N2O3. The highest BCUT2D eigenvalue weighted by Gasteiger charge is 2.43. The standard InChI is InChI=1S/C24H24N2O3/c1-14-21(27)17-8-5-9-18(23(17)29-22(14)15-6-3-2-4-7-15)24(28)26-12-16-10-11-20(25)19(16)13-26/h2-9,16,19-20H,10-13,25H2,1H3. The molecular weight excluding hydrogens is 364 g/mol. The number of likely N-dealkylation sites (tertiary alicyclic amines) is 1. The molecule has 2 aromatic carbocycles. The fraction of sp³-hybridized carbons (Fsp3) is 0.333. The largest absolute Gasteiger partial charge is 0.455 e. The molecule has 3 atom stereocenters. The highest BCUT2D eigenvalue weighted by Crippen LogP contribution is 2.38. The van der Waals surface area contributed by atoms with E-state index >= 15 is 0 Å². The van der Waals surface area contributed by atoms with E-state index in [2.05, 4.69) is 0 Å². The van der Waals surface area contributed by atoms with Crippen molar-refractivity contribution in [2.24, 2.45) is 17.6 Å². The van der Waals surface area contributed by atoms with Crippen LogP contribution in [0.25, 0.3) is 22.3 Å². The quantitative estimate of drug-likeness (QED) is 0.728. The fourth-order valence-corrected chi connectivity index (χ4v) is 4.99. The van der Waals surface area contributed by atoms with Crippen LogP contribution < -0.4 is 11.2 Å². The van der Waals surface area contributed by atoms with Crippen molar-refractivity contribution in [3.63, 3.8) is 0 Å². The lowest BCUT2D eigenvalue weighted by Gasteiger charge is -2.19. The summed E-state index contributed by atoms with van der Waals surface area (Å²) in [4.78, 5) is 28.3. The van der Waals surface area contributed by atoms with Gasteiger partial charge in [0.2, 0.25) is 0 Å². The molecule has 148 valence electrons. The molecule has 3 unspecified atom stereocenters. The Hall–Kier alpha value is -2.92. The van der Waals surface area contributed by atoms with Crippen molar-refractivity contribution in [2.75, 3.05) is 13.1 Å². The van der Waals surface area contributed by atoms with E-state index in [1.807, 2.05) is 35.2 Å². The van der Waals surface area contributed by atoms with Gasteiger partial charge in [-0.3, -0.25) is 9.59 Å². The first-order valence-corrected chi connectivity index (χ1v) is 10.2. The second kappa shape index (κ2) is 6.85. The summed E-state index contributed by atoms with van der Waals surface area (Å²) >= 11 is 0. The molecule has 0 bridgehead atoms. The molecule has 5 rings (SSSR count). The van der Waals surface area contributed by atoms with E-state index in [1.54, 1.807) is 25.1 Å². The smallest absolute Gasteiger partial charge is 0.257 e. The molecule has 1 aliphatic heterocycles. The second-order valence-electron chi connectivity index (χ2n) is 8.31. The van der Waals surface area contributed by atoms with Gasteiger partial charge in [-0.05, 0) is 43.7 Å². The first-order valence-electron chi connectivity index (χ1n) is 10.2. The Kier molecular flexibility index (Phi) is 4.28. The maximum atomic E-state index is 13.4. The molecule has 2 aliphatic rings. The molecule has 1 saturated heterocycles. The van der Waals surface area contributed by atoms with Crippen molar-refractivity contribution < 1.29 is 9.21 Å². The van der Waals surface area contributed by atoms with E-state index in [4.69, 9.17) is 10.2 Å². The topological polar surface area (TPSA) is 76.5 Å². The number of amides is 1. The summed E-state index contributed by atoms with van der Waals surface area (Å²) < 4.78 is 6.21. The van der Waals surface area contributed by atoms with Gasteiger partial charge >= 0.3 is 0 Å². The van der Waals surface area contributed by atoms with Gasteiger partial charge < -0.3 is 15.1 Å². The van der Waals surface area contributed by atoms with E-state index in [1.165, 1.54) is 0 Å². The van der Waals surface area contributed by atoms with Gasteiger partial charge in [0.25, 0.3) is 5.91 Å². The Labute approximate surface area is 169 Å². The molecule has 0 radical (unpaired) electrons. The summed E-state index contributed by atoms with van der Waals surface area (Å²) in [7, 11) is 0. The van der Waals surface area contributed by atoms with E-state index < -0.39 is 0 Å². The third-order valence-corrected chi connectivity index (χ3v) is 6.61. The molecule has 2 fully saturated rings. The minimum Gasteiger partial charge on any atom is -0.455 e. The molecule has 1 aliphatic carbocycles. The zero-order valence-electron chi connectivity index (χ0n) is 16.4. The van der Waals surface area contributed by atoms with Gasteiger partial charge in [-0.25, -0.2) is 0 Å². The van der Waals surface area contributed by atoms with Crippen molar-refractivity contribution >= 4 is 16.9 Å². The van der Waals surface area contributed by atoms with E-state index in [0.29, 0.717) is 46.2 Å². The van der Waals surface area contributed by atoms with Crippen LogP contribution in [-0.4, -0.2) is 29.9 Å². The van der Waals surface area contributed by atoms with Crippen molar-refractivity contribution in [1.29, 1.82) is 0 Å². The van der Waals surface area contributed by atoms with Crippen LogP contribution in [0.2, 0.25) is 0 Å². The molecule has 1 aromatic heterocycles. The zero-order valence-corrected chi connectivity index (χ0v) is 16.4. The van der Waals surface area contributed by atoms with Gasteiger partial charge in [0.05, 0.1) is 10.9 Å². The molecule has 3 aromatic rings. The number of carbonyl (C=O) groups excluding carboxylic acids is 1. The number of benzene rings is 2. The normalized spacial score (nSPS) is 23.5. The van der Waals surface area contributed by atoms with Gasteiger partial charge in [0, 0.05) is 30.3 Å². The molecule has 1 saturated carbocycles. The van der Waals surface area contributed by atoms with Gasteiger partial charge in [-0.1, -0.05) is 36.4 Å². The number of para-hydroxylation sites is 1. The molecule has 29 heavy (non-hydrogen) atoms. The predicted molar refractivity (Wildman–Crippen MR) is 113 cm³/mol. The molecule has 2 N–H and O–H groups in total. The molecule has 0 spiro atoms.